The zero-order chi connectivity index (χ0) is 20.4. The summed E-state index contributed by atoms with van der Waals surface area (Å²) in [5.74, 6) is -1.72. The van der Waals surface area contributed by atoms with Gasteiger partial charge in [0.1, 0.15) is 5.65 Å². The van der Waals surface area contributed by atoms with E-state index in [9.17, 15) is 18.0 Å². The Morgan fingerprint density at radius 1 is 1.07 bits per heavy atom. The number of aromatic nitrogens is 4. The average molecular weight is 401 g/mol. The van der Waals surface area contributed by atoms with Crippen LogP contribution < -0.4 is 5.32 Å². The Morgan fingerprint density at radius 3 is 2.59 bits per heavy atom. The summed E-state index contributed by atoms with van der Waals surface area (Å²) < 4.78 is 43.7. The molecule has 0 saturated heterocycles. The van der Waals surface area contributed by atoms with Crippen LogP contribution in [0.3, 0.4) is 0 Å². The zero-order valence-corrected chi connectivity index (χ0v) is 14.8. The van der Waals surface area contributed by atoms with Gasteiger partial charge in [0.25, 0.3) is 0 Å². The highest BCUT2D eigenvalue weighted by Gasteiger charge is 2.38. The summed E-state index contributed by atoms with van der Waals surface area (Å²) in [5, 5.41) is 6.16. The Balaban J connectivity index is 1.46. The van der Waals surface area contributed by atoms with E-state index in [2.05, 4.69) is 25.0 Å². The van der Waals surface area contributed by atoms with E-state index in [1.165, 1.54) is 0 Å². The average Bonchev–Trinajstić information content (AvgIpc) is 3.33. The van der Waals surface area contributed by atoms with Gasteiger partial charge in [0.15, 0.2) is 0 Å². The van der Waals surface area contributed by atoms with Gasteiger partial charge in [0.2, 0.25) is 11.7 Å². The largest absolute Gasteiger partial charge is 0.471 e. The number of hydrogen-bond acceptors (Lipinski definition) is 5. The fraction of sp³-hybridized carbons (Fsp3) is 0.158. The number of halogens is 3. The van der Waals surface area contributed by atoms with Crippen LogP contribution in [0.2, 0.25) is 0 Å². The lowest BCUT2D eigenvalue weighted by Crippen LogP contribution is -2.24. The number of hydrogen-bond donors (Lipinski definition) is 1. The van der Waals surface area contributed by atoms with Crippen molar-refractivity contribution in [3.63, 3.8) is 0 Å². The second kappa shape index (κ2) is 7.38. The van der Waals surface area contributed by atoms with Crippen LogP contribution in [0.1, 0.15) is 17.1 Å². The van der Waals surface area contributed by atoms with Gasteiger partial charge in [0.05, 0.1) is 18.7 Å². The normalized spacial score (nSPS) is 11.7. The molecule has 0 unspecified atom stereocenters. The van der Waals surface area contributed by atoms with Crippen molar-refractivity contribution in [3.8, 4) is 11.4 Å². The Bertz CT molecular complexity index is 1150. The summed E-state index contributed by atoms with van der Waals surface area (Å²) in [6, 6.07) is 12.5. The van der Waals surface area contributed by atoms with E-state index in [4.69, 9.17) is 0 Å². The smallest absolute Gasteiger partial charge is 0.350 e. The van der Waals surface area contributed by atoms with Crippen molar-refractivity contribution in [3.05, 3.63) is 72.0 Å². The van der Waals surface area contributed by atoms with Crippen LogP contribution in [-0.4, -0.2) is 25.4 Å². The van der Waals surface area contributed by atoms with E-state index >= 15 is 0 Å². The number of nitrogens with one attached hydrogen (secondary N) is 1. The van der Waals surface area contributed by atoms with Gasteiger partial charge in [-0.1, -0.05) is 35.5 Å². The second-order valence-electron chi connectivity index (χ2n) is 6.28. The molecule has 1 amide bonds. The van der Waals surface area contributed by atoms with Gasteiger partial charge >= 0.3 is 12.1 Å². The molecule has 0 spiro atoms. The van der Waals surface area contributed by atoms with E-state index in [1.54, 1.807) is 28.9 Å². The summed E-state index contributed by atoms with van der Waals surface area (Å²) in [6.45, 7) is 0.225. The number of rotatable bonds is 5. The number of nitrogens with zero attached hydrogens (tertiary/aromatic N) is 4. The predicted molar refractivity (Wildman–Crippen MR) is 95.5 cm³/mol. The Hall–Kier alpha value is -3.69. The highest BCUT2D eigenvalue weighted by atomic mass is 19.4. The minimum absolute atomic E-state index is 0.138. The maximum atomic E-state index is 12.6. The van der Waals surface area contributed by atoms with Crippen LogP contribution in [0.15, 0.2) is 59.4 Å². The Kier molecular flexibility index (Phi) is 4.75. The number of carbonyl (C=O) groups excluding carboxylic acids is 1. The lowest BCUT2D eigenvalue weighted by atomic mass is 10.1. The lowest BCUT2D eigenvalue weighted by molar-refractivity contribution is -0.159. The topological polar surface area (TPSA) is 85.3 Å². The molecular formula is C19H14F3N5O2. The monoisotopic (exact) mass is 401 g/mol. The van der Waals surface area contributed by atoms with E-state index < -0.39 is 12.1 Å². The number of pyridine rings is 1. The molecule has 148 valence electrons. The van der Waals surface area contributed by atoms with Crippen LogP contribution in [0.5, 0.6) is 0 Å². The standard InChI is InChI=1S/C19H14F3N5O2/c20-19(21,22)18-25-17(26-29-18)13-6-7-15-24-14(11-27(15)10-13)9-23-16(28)8-12-4-2-1-3-5-12/h1-7,10-11H,8-9H2,(H,23,28). The second-order valence-corrected chi connectivity index (χ2v) is 6.28. The fourth-order valence-corrected chi connectivity index (χ4v) is 2.75. The predicted octanol–water partition coefficient (Wildman–Crippen LogP) is 3.26. The molecule has 4 rings (SSSR count). The first-order valence-corrected chi connectivity index (χ1v) is 8.58. The van der Waals surface area contributed by atoms with Crippen molar-refractivity contribution < 1.29 is 22.5 Å². The van der Waals surface area contributed by atoms with Crippen LogP contribution >= 0.6 is 0 Å². The Labute approximate surface area is 162 Å². The minimum atomic E-state index is -4.70. The maximum absolute atomic E-state index is 12.6. The fourth-order valence-electron chi connectivity index (χ4n) is 2.75. The SMILES string of the molecule is O=C(Cc1ccccc1)NCc1cn2cc(-c3noc(C(F)(F)F)n3)ccc2n1. The number of amides is 1. The van der Waals surface area contributed by atoms with Crippen molar-refractivity contribution >= 4 is 11.6 Å². The zero-order valence-electron chi connectivity index (χ0n) is 14.8. The molecule has 1 N–H and O–H groups in total. The van der Waals surface area contributed by atoms with Crippen LogP contribution in [-0.2, 0) is 23.9 Å². The van der Waals surface area contributed by atoms with E-state index in [0.717, 1.165) is 5.56 Å². The summed E-state index contributed by atoms with van der Waals surface area (Å²) >= 11 is 0. The van der Waals surface area contributed by atoms with E-state index in [0.29, 0.717) is 16.9 Å². The van der Waals surface area contributed by atoms with Crippen molar-refractivity contribution in [1.82, 2.24) is 24.8 Å². The molecule has 0 atom stereocenters. The third-order valence-corrected chi connectivity index (χ3v) is 4.10. The molecule has 0 aliphatic carbocycles. The highest BCUT2D eigenvalue weighted by Crippen LogP contribution is 2.29. The molecule has 0 radical (unpaired) electrons. The first kappa shape index (κ1) is 18.7. The first-order chi connectivity index (χ1) is 13.9. The van der Waals surface area contributed by atoms with Gasteiger partial charge in [0, 0.05) is 18.0 Å². The van der Waals surface area contributed by atoms with Gasteiger partial charge < -0.3 is 14.2 Å². The number of imidazole rings is 1. The third kappa shape index (κ3) is 4.26. The third-order valence-electron chi connectivity index (χ3n) is 4.10. The molecule has 10 heteroatoms. The molecule has 0 fully saturated rings. The molecule has 1 aromatic carbocycles. The molecule has 4 aromatic rings. The molecule has 29 heavy (non-hydrogen) atoms. The molecular weight excluding hydrogens is 387 g/mol. The van der Waals surface area contributed by atoms with Crippen LogP contribution in [0.25, 0.3) is 17.0 Å². The number of fused-ring (bicyclic) bond motifs is 1. The molecule has 0 aliphatic heterocycles. The van der Waals surface area contributed by atoms with Crippen molar-refractivity contribution in [2.45, 2.75) is 19.1 Å². The number of alkyl halides is 3. The van der Waals surface area contributed by atoms with Crippen LogP contribution in [0, 0.1) is 0 Å². The highest BCUT2D eigenvalue weighted by molar-refractivity contribution is 5.78. The molecule has 3 aromatic heterocycles. The Morgan fingerprint density at radius 2 is 1.86 bits per heavy atom. The van der Waals surface area contributed by atoms with Gasteiger partial charge in [-0.15, -0.1) is 0 Å². The number of benzene rings is 1. The quantitative estimate of drug-likeness (QED) is 0.555. The first-order valence-electron chi connectivity index (χ1n) is 8.58. The van der Waals surface area contributed by atoms with Gasteiger partial charge in [-0.05, 0) is 17.7 Å². The lowest BCUT2D eigenvalue weighted by Gasteiger charge is -2.03. The molecule has 0 aliphatic rings. The molecule has 3 heterocycles. The summed E-state index contributed by atoms with van der Waals surface area (Å²) in [6.07, 6.45) is -1.22. The van der Waals surface area contributed by atoms with Gasteiger partial charge in [-0.3, -0.25) is 4.79 Å². The van der Waals surface area contributed by atoms with Crippen LogP contribution in [0.4, 0.5) is 13.2 Å². The summed E-state index contributed by atoms with van der Waals surface area (Å²) in [7, 11) is 0. The molecule has 7 nitrogen and oxygen atoms in total. The summed E-state index contributed by atoms with van der Waals surface area (Å²) in [5.41, 5.74) is 2.42. The number of carbonyl (C=O) groups is 1. The molecule has 0 saturated carbocycles. The van der Waals surface area contributed by atoms with Crippen molar-refractivity contribution in [1.29, 1.82) is 0 Å². The van der Waals surface area contributed by atoms with Gasteiger partial charge in [-0.25, -0.2) is 4.98 Å². The van der Waals surface area contributed by atoms with Crippen molar-refractivity contribution in [2.24, 2.45) is 0 Å². The summed E-state index contributed by atoms with van der Waals surface area (Å²) in [4.78, 5) is 19.8. The van der Waals surface area contributed by atoms with E-state index in [-0.39, 0.29) is 24.7 Å². The minimum Gasteiger partial charge on any atom is -0.350 e. The van der Waals surface area contributed by atoms with Crippen molar-refractivity contribution in [2.75, 3.05) is 0 Å². The maximum Gasteiger partial charge on any atom is 0.471 e. The van der Waals surface area contributed by atoms with Gasteiger partial charge in [-0.2, -0.15) is 18.2 Å². The molecule has 0 bridgehead atoms. The van der Waals surface area contributed by atoms with E-state index in [1.807, 2.05) is 30.3 Å².